The van der Waals surface area contributed by atoms with Gasteiger partial charge in [-0.05, 0) is 49.9 Å². The van der Waals surface area contributed by atoms with Gasteiger partial charge in [-0.1, -0.05) is 30.7 Å². The molecule has 0 saturated heterocycles. The van der Waals surface area contributed by atoms with E-state index in [2.05, 4.69) is 10.3 Å². The molecule has 1 aromatic heterocycles. The van der Waals surface area contributed by atoms with Crippen molar-refractivity contribution in [1.82, 2.24) is 9.55 Å². The van der Waals surface area contributed by atoms with Gasteiger partial charge in [-0.2, -0.15) is 4.98 Å². The maximum atomic E-state index is 12.3. The summed E-state index contributed by atoms with van der Waals surface area (Å²) in [5, 5.41) is 12.9. The maximum Gasteiger partial charge on any atom is 0.258 e. The van der Waals surface area contributed by atoms with Crippen molar-refractivity contribution in [1.29, 1.82) is 0 Å². The minimum Gasteiger partial charge on any atom is -0.493 e. The molecule has 1 saturated carbocycles. The molecular weight excluding hydrogens is 350 g/mol. The van der Waals surface area contributed by atoms with E-state index in [0.29, 0.717) is 5.16 Å². The Bertz CT molecular complexity index is 873. The number of anilines is 1. The number of amides is 1. The molecule has 2 N–H and O–H groups in total. The van der Waals surface area contributed by atoms with Gasteiger partial charge in [0.25, 0.3) is 5.56 Å². The Labute approximate surface area is 156 Å². The molecule has 0 radical (unpaired) electrons. The topological polar surface area (TPSA) is 84.2 Å². The lowest BCUT2D eigenvalue weighted by Gasteiger charge is -2.17. The lowest BCUT2D eigenvalue weighted by atomic mass is 10.1. The second-order valence-corrected chi connectivity index (χ2v) is 7.62. The van der Waals surface area contributed by atoms with Crippen molar-refractivity contribution in [3.8, 4) is 5.88 Å². The summed E-state index contributed by atoms with van der Waals surface area (Å²) in [7, 11) is 0. The Morgan fingerprint density at radius 2 is 2.00 bits per heavy atom. The van der Waals surface area contributed by atoms with E-state index in [1.54, 1.807) is 4.57 Å². The molecule has 3 rings (SSSR count). The first-order valence-electron chi connectivity index (χ1n) is 8.76. The number of aromatic hydroxyl groups is 1. The predicted molar refractivity (Wildman–Crippen MR) is 103 cm³/mol. The lowest BCUT2D eigenvalue weighted by molar-refractivity contribution is -0.113. The first-order valence-corrected chi connectivity index (χ1v) is 9.75. The van der Waals surface area contributed by atoms with E-state index in [0.717, 1.165) is 43.0 Å². The molecule has 138 valence electrons. The number of thioether (sulfide) groups is 1. The molecule has 1 amide bonds. The van der Waals surface area contributed by atoms with Gasteiger partial charge in [0, 0.05) is 11.7 Å². The molecule has 0 bridgehead atoms. The summed E-state index contributed by atoms with van der Waals surface area (Å²) in [6.45, 7) is 4.02. The number of hydrogen-bond acceptors (Lipinski definition) is 5. The molecule has 0 atom stereocenters. The number of hydrogen-bond donors (Lipinski definition) is 2. The third-order valence-corrected chi connectivity index (χ3v) is 5.67. The van der Waals surface area contributed by atoms with Crippen LogP contribution in [0.1, 0.15) is 42.9 Å². The Kier molecular flexibility index (Phi) is 5.66. The van der Waals surface area contributed by atoms with Crippen LogP contribution in [-0.2, 0) is 4.79 Å². The summed E-state index contributed by atoms with van der Waals surface area (Å²) in [5.41, 5.74) is 2.76. The number of aryl methyl sites for hydroxylation is 2. The van der Waals surface area contributed by atoms with E-state index in [1.165, 1.54) is 17.3 Å². The fourth-order valence-corrected chi connectivity index (χ4v) is 4.07. The number of carbonyl (C=O) groups excluding carboxylic acids is 1. The smallest absolute Gasteiger partial charge is 0.258 e. The summed E-state index contributed by atoms with van der Waals surface area (Å²) >= 11 is 1.18. The van der Waals surface area contributed by atoms with E-state index >= 15 is 0 Å². The normalized spacial score (nSPS) is 14.5. The van der Waals surface area contributed by atoms with Crippen LogP contribution in [0.25, 0.3) is 0 Å². The fourth-order valence-electron chi connectivity index (χ4n) is 3.21. The first-order chi connectivity index (χ1) is 12.4. The van der Waals surface area contributed by atoms with Crippen LogP contribution < -0.4 is 10.9 Å². The molecule has 1 aliphatic carbocycles. The summed E-state index contributed by atoms with van der Waals surface area (Å²) in [4.78, 5) is 28.7. The van der Waals surface area contributed by atoms with Crippen molar-refractivity contribution in [3.63, 3.8) is 0 Å². The third kappa shape index (κ3) is 4.27. The average molecular weight is 373 g/mol. The van der Waals surface area contributed by atoms with Crippen molar-refractivity contribution >= 4 is 23.4 Å². The van der Waals surface area contributed by atoms with Crippen molar-refractivity contribution in [3.05, 3.63) is 45.7 Å². The molecule has 1 fully saturated rings. The van der Waals surface area contributed by atoms with E-state index in [9.17, 15) is 14.7 Å². The van der Waals surface area contributed by atoms with Gasteiger partial charge in [0.2, 0.25) is 11.8 Å². The van der Waals surface area contributed by atoms with E-state index in [1.807, 2.05) is 32.0 Å². The highest BCUT2D eigenvalue weighted by Crippen LogP contribution is 2.31. The van der Waals surface area contributed by atoms with Crippen LogP contribution in [-0.4, -0.2) is 26.3 Å². The van der Waals surface area contributed by atoms with Crippen LogP contribution in [0.2, 0.25) is 0 Å². The molecule has 6 nitrogen and oxygen atoms in total. The molecule has 26 heavy (non-hydrogen) atoms. The molecular formula is C19H23N3O3S. The highest BCUT2D eigenvalue weighted by atomic mass is 32.2. The van der Waals surface area contributed by atoms with E-state index < -0.39 is 0 Å². The number of nitrogens with zero attached hydrogens (tertiary/aromatic N) is 2. The SMILES string of the molecule is Cc1ccc(NC(=O)CSc2nc(O)cc(=O)n2C2CCCC2)cc1C. The highest BCUT2D eigenvalue weighted by molar-refractivity contribution is 7.99. The summed E-state index contributed by atoms with van der Waals surface area (Å²) in [5.74, 6) is -0.356. The van der Waals surface area contributed by atoms with Gasteiger partial charge in [0.15, 0.2) is 5.16 Å². The zero-order valence-electron chi connectivity index (χ0n) is 15.0. The molecule has 0 unspecified atom stereocenters. The number of aromatic nitrogens is 2. The van der Waals surface area contributed by atoms with E-state index in [4.69, 9.17) is 0 Å². The predicted octanol–water partition coefficient (Wildman–Crippen LogP) is 3.41. The van der Waals surface area contributed by atoms with Gasteiger partial charge < -0.3 is 10.4 Å². The standard InChI is InChI=1S/C19H23N3O3S/c1-12-7-8-14(9-13(12)2)20-17(24)11-26-19-21-16(23)10-18(25)22(19)15-5-3-4-6-15/h7-10,15,23H,3-6,11H2,1-2H3,(H,20,24). The molecule has 7 heteroatoms. The van der Waals surface area contributed by atoms with Crippen LogP contribution in [0.15, 0.2) is 34.2 Å². The van der Waals surface area contributed by atoms with Crippen molar-refractivity contribution in [2.24, 2.45) is 0 Å². The number of benzene rings is 1. The molecule has 1 heterocycles. The van der Waals surface area contributed by atoms with Gasteiger partial charge in [0.05, 0.1) is 11.8 Å². The second-order valence-electron chi connectivity index (χ2n) is 6.68. The average Bonchev–Trinajstić information content (AvgIpc) is 3.10. The van der Waals surface area contributed by atoms with Crippen LogP contribution in [0.5, 0.6) is 5.88 Å². The first kappa shape index (κ1) is 18.5. The van der Waals surface area contributed by atoms with Gasteiger partial charge in [-0.25, -0.2) is 0 Å². The zero-order chi connectivity index (χ0) is 18.7. The lowest BCUT2D eigenvalue weighted by Crippen LogP contribution is -2.26. The van der Waals surface area contributed by atoms with E-state index in [-0.39, 0.29) is 29.1 Å². The number of carbonyl (C=O) groups is 1. The Hall–Kier alpha value is -2.28. The largest absolute Gasteiger partial charge is 0.493 e. The molecule has 0 spiro atoms. The minimum atomic E-state index is -0.304. The Morgan fingerprint density at radius 1 is 1.27 bits per heavy atom. The number of rotatable bonds is 5. The van der Waals surface area contributed by atoms with Crippen LogP contribution in [0.3, 0.4) is 0 Å². The molecule has 0 aliphatic heterocycles. The fraction of sp³-hybridized carbons (Fsp3) is 0.421. The van der Waals surface area contributed by atoms with Gasteiger partial charge in [0.1, 0.15) is 0 Å². The summed E-state index contributed by atoms with van der Waals surface area (Å²) < 4.78 is 1.63. The monoisotopic (exact) mass is 373 g/mol. The third-order valence-electron chi connectivity index (χ3n) is 4.72. The summed E-state index contributed by atoms with van der Waals surface area (Å²) in [6.07, 6.45) is 4.01. The van der Waals surface area contributed by atoms with Crippen molar-refractivity contribution in [2.75, 3.05) is 11.1 Å². The van der Waals surface area contributed by atoms with Crippen LogP contribution >= 0.6 is 11.8 Å². The van der Waals surface area contributed by atoms with Gasteiger partial charge in [-0.3, -0.25) is 14.2 Å². The minimum absolute atomic E-state index is 0.0981. The highest BCUT2D eigenvalue weighted by Gasteiger charge is 2.22. The summed E-state index contributed by atoms with van der Waals surface area (Å²) in [6, 6.07) is 7.00. The molecule has 2 aromatic rings. The van der Waals surface area contributed by atoms with Crippen molar-refractivity contribution in [2.45, 2.75) is 50.7 Å². The van der Waals surface area contributed by atoms with Crippen LogP contribution in [0.4, 0.5) is 5.69 Å². The molecule has 1 aliphatic rings. The maximum absolute atomic E-state index is 12.3. The quantitative estimate of drug-likeness (QED) is 0.620. The number of nitrogens with one attached hydrogen (secondary N) is 1. The Balaban J connectivity index is 1.71. The Morgan fingerprint density at radius 3 is 2.69 bits per heavy atom. The molecule has 1 aromatic carbocycles. The van der Waals surface area contributed by atoms with Crippen LogP contribution in [0, 0.1) is 13.8 Å². The van der Waals surface area contributed by atoms with Crippen molar-refractivity contribution < 1.29 is 9.90 Å². The van der Waals surface area contributed by atoms with Gasteiger partial charge in [-0.15, -0.1) is 0 Å². The zero-order valence-corrected chi connectivity index (χ0v) is 15.8. The second kappa shape index (κ2) is 7.95. The van der Waals surface area contributed by atoms with Gasteiger partial charge >= 0.3 is 0 Å².